The van der Waals surface area contributed by atoms with E-state index in [9.17, 15) is 9.59 Å². The van der Waals surface area contributed by atoms with Crippen molar-refractivity contribution in [3.63, 3.8) is 0 Å². The first-order valence-electron chi connectivity index (χ1n) is 7.30. The maximum Gasteiger partial charge on any atom is 0.340 e. The first kappa shape index (κ1) is 17.0. The molecule has 1 aliphatic rings. The van der Waals surface area contributed by atoms with Crippen LogP contribution in [0.1, 0.15) is 43.0 Å². The molecule has 1 aromatic heterocycles. The van der Waals surface area contributed by atoms with Crippen LogP contribution < -0.4 is 0 Å². The van der Waals surface area contributed by atoms with E-state index in [0.29, 0.717) is 0 Å². The highest BCUT2D eigenvalue weighted by Gasteiger charge is 2.26. The van der Waals surface area contributed by atoms with Gasteiger partial charge in [-0.2, -0.15) is 0 Å². The molecule has 0 unspecified atom stereocenters. The van der Waals surface area contributed by atoms with Crippen LogP contribution in [0.2, 0.25) is 10.2 Å². The molecule has 2 heterocycles. The average molecular weight is 345 g/mol. The van der Waals surface area contributed by atoms with Crippen molar-refractivity contribution in [2.24, 2.45) is 0 Å². The summed E-state index contributed by atoms with van der Waals surface area (Å²) < 4.78 is 5.06. The van der Waals surface area contributed by atoms with Crippen molar-refractivity contribution >= 4 is 35.1 Å². The number of esters is 1. The Morgan fingerprint density at radius 1 is 1.41 bits per heavy atom. The van der Waals surface area contributed by atoms with Crippen LogP contribution in [0, 0.1) is 0 Å². The van der Waals surface area contributed by atoms with Gasteiger partial charge in [-0.15, -0.1) is 0 Å². The number of pyridine rings is 1. The zero-order chi connectivity index (χ0) is 16.1. The molecule has 120 valence electrons. The topological polar surface area (TPSA) is 59.5 Å². The van der Waals surface area contributed by atoms with E-state index in [1.165, 1.54) is 12.3 Å². The Balaban J connectivity index is 1.92. The van der Waals surface area contributed by atoms with Crippen molar-refractivity contribution in [1.29, 1.82) is 0 Å². The number of piperidine rings is 1. The molecule has 1 aliphatic heterocycles. The molecule has 2 rings (SSSR count). The van der Waals surface area contributed by atoms with Gasteiger partial charge in [-0.05, 0) is 31.7 Å². The van der Waals surface area contributed by atoms with Crippen LogP contribution in [0.25, 0.3) is 0 Å². The molecular weight excluding hydrogens is 327 g/mol. The van der Waals surface area contributed by atoms with Gasteiger partial charge in [0.2, 0.25) is 0 Å². The zero-order valence-electron chi connectivity index (χ0n) is 12.3. The minimum Gasteiger partial charge on any atom is -0.452 e. The summed E-state index contributed by atoms with van der Waals surface area (Å²) in [4.78, 5) is 29.7. The predicted molar refractivity (Wildman–Crippen MR) is 84.2 cm³/mol. The van der Waals surface area contributed by atoms with Crippen LogP contribution in [0.3, 0.4) is 0 Å². The summed E-state index contributed by atoms with van der Waals surface area (Å²) in [6.45, 7) is 2.52. The molecule has 0 radical (unpaired) electrons. The highest BCUT2D eigenvalue weighted by Crippen LogP contribution is 2.21. The fourth-order valence-electron chi connectivity index (χ4n) is 2.58. The van der Waals surface area contributed by atoms with E-state index in [0.717, 1.165) is 32.2 Å². The third-order valence-electron chi connectivity index (χ3n) is 3.78. The third-order valence-corrected chi connectivity index (χ3v) is 4.46. The standard InChI is InChI=1S/C15H18Cl2N2O3/c1-2-11-5-3-4-6-19(11)13(20)9-22-15(21)10-7-12(16)14(17)18-8-10/h7-8,11H,2-6,9H2,1H3/t11-/m0/s1. The van der Waals surface area contributed by atoms with Crippen molar-refractivity contribution in [2.75, 3.05) is 13.2 Å². The van der Waals surface area contributed by atoms with E-state index in [2.05, 4.69) is 11.9 Å². The maximum absolute atomic E-state index is 12.2. The Bertz CT molecular complexity index is 566. The molecule has 1 aromatic rings. The molecular formula is C15H18Cl2N2O3. The van der Waals surface area contributed by atoms with E-state index >= 15 is 0 Å². The van der Waals surface area contributed by atoms with Crippen LogP contribution in [-0.2, 0) is 9.53 Å². The number of aromatic nitrogens is 1. The summed E-state index contributed by atoms with van der Waals surface area (Å²) in [5.74, 6) is -0.794. The molecule has 1 fully saturated rings. The van der Waals surface area contributed by atoms with Gasteiger partial charge in [-0.1, -0.05) is 30.1 Å². The Morgan fingerprint density at radius 3 is 2.86 bits per heavy atom. The molecule has 0 aliphatic carbocycles. The van der Waals surface area contributed by atoms with E-state index < -0.39 is 5.97 Å². The summed E-state index contributed by atoms with van der Waals surface area (Å²) in [6, 6.07) is 1.62. The van der Waals surface area contributed by atoms with E-state index in [-0.39, 0.29) is 34.3 Å². The minimum absolute atomic E-state index is 0.119. The summed E-state index contributed by atoms with van der Waals surface area (Å²) in [5.41, 5.74) is 0.174. The molecule has 0 aromatic carbocycles. The largest absolute Gasteiger partial charge is 0.452 e. The summed E-state index contributed by atoms with van der Waals surface area (Å²) in [6.07, 6.45) is 5.32. The van der Waals surface area contributed by atoms with Gasteiger partial charge < -0.3 is 9.64 Å². The smallest absolute Gasteiger partial charge is 0.340 e. The number of hydrogen-bond acceptors (Lipinski definition) is 4. The number of ether oxygens (including phenoxy) is 1. The molecule has 0 bridgehead atoms. The molecule has 22 heavy (non-hydrogen) atoms. The summed E-state index contributed by atoms with van der Waals surface area (Å²) in [7, 11) is 0. The number of halogens is 2. The third kappa shape index (κ3) is 4.11. The molecule has 1 saturated heterocycles. The number of amides is 1. The van der Waals surface area contributed by atoms with Crippen LogP contribution in [0.15, 0.2) is 12.3 Å². The second-order valence-electron chi connectivity index (χ2n) is 5.22. The van der Waals surface area contributed by atoms with Gasteiger partial charge in [0.1, 0.15) is 5.15 Å². The van der Waals surface area contributed by atoms with Gasteiger partial charge in [0.15, 0.2) is 6.61 Å². The second-order valence-corrected chi connectivity index (χ2v) is 5.98. The lowest BCUT2D eigenvalue weighted by Gasteiger charge is -2.35. The first-order valence-corrected chi connectivity index (χ1v) is 8.06. The molecule has 0 saturated carbocycles. The first-order chi connectivity index (χ1) is 10.5. The quantitative estimate of drug-likeness (QED) is 0.620. The van der Waals surface area contributed by atoms with Crippen LogP contribution in [-0.4, -0.2) is 41.0 Å². The maximum atomic E-state index is 12.2. The SMILES string of the molecule is CC[C@H]1CCCCN1C(=O)COC(=O)c1cnc(Cl)c(Cl)c1. The van der Waals surface area contributed by atoms with Crippen molar-refractivity contribution in [3.8, 4) is 0 Å². The fraction of sp³-hybridized carbons (Fsp3) is 0.533. The molecule has 0 spiro atoms. The van der Waals surface area contributed by atoms with Gasteiger partial charge in [0, 0.05) is 18.8 Å². The number of hydrogen-bond donors (Lipinski definition) is 0. The van der Waals surface area contributed by atoms with Crippen molar-refractivity contribution < 1.29 is 14.3 Å². The van der Waals surface area contributed by atoms with Gasteiger partial charge >= 0.3 is 5.97 Å². The normalized spacial score (nSPS) is 18.1. The van der Waals surface area contributed by atoms with Gasteiger partial charge in [0.05, 0.1) is 10.6 Å². The molecule has 7 heteroatoms. The van der Waals surface area contributed by atoms with E-state index in [4.69, 9.17) is 27.9 Å². The number of carbonyl (C=O) groups excluding carboxylic acids is 2. The Hall–Kier alpha value is -1.33. The van der Waals surface area contributed by atoms with Gasteiger partial charge in [-0.3, -0.25) is 4.79 Å². The van der Waals surface area contributed by atoms with Gasteiger partial charge in [-0.25, -0.2) is 9.78 Å². The number of rotatable bonds is 4. The van der Waals surface area contributed by atoms with E-state index in [1.807, 2.05) is 4.90 Å². The summed E-state index contributed by atoms with van der Waals surface area (Å²) >= 11 is 11.5. The van der Waals surface area contributed by atoms with Crippen LogP contribution in [0.5, 0.6) is 0 Å². The highest BCUT2D eigenvalue weighted by molar-refractivity contribution is 6.41. The van der Waals surface area contributed by atoms with Crippen LogP contribution >= 0.6 is 23.2 Å². The lowest BCUT2D eigenvalue weighted by molar-refractivity contribution is -0.138. The number of nitrogens with zero attached hydrogens (tertiary/aromatic N) is 2. The predicted octanol–water partition coefficient (Wildman–Crippen LogP) is 3.34. The molecule has 5 nitrogen and oxygen atoms in total. The zero-order valence-corrected chi connectivity index (χ0v) is 13.9. The molecule has 0 N–H and O–H groups in total. The minimum atomic E-state index is -0.635. The second kappa shape index (κ2) is 7.79. The summed E-state index contributed by atoms with van der Waals surface area (Å²) in [5, 5.41) is 0.290. The van der Waals surface area contributed by atoms with Crippen LogP contribution in [0.4, 0.5) is 0 Å². The molecule has 1 atom stereocenters. The number of likely N-dealkylation sites (tertiary alicyclic amines) is 1. The Labute approximate surface area is 139 Å². The van der Waals surface area contributed by atoms with Crippen molar-refractivity contribution in [1.82, 2.24) is 9.88 Å². The van der Waals surface area contributed by atoms with E-state index in [1.54, 1.807) is 0 Å². The van der Waals surface area contributed by atoms with Crippen molar-refractivity contribution in [2.45, 2.75) is 38.6 Å². The van der Waals surface area contributed by atoms with Gasteiger partial charge in [0.25, 0.3) is 5.91 Å². The Morgan fingerprint density at radius 2 is 2.18 bits per heavy atom. The average Bonchev–Trinajstić information content (AvgIpc) is 2.54. The molecule has 1 amide bonds. The van der Waals surface area contributed by atoms with Crippen molar-refractivity contribution in [3.05, 3.63) is 28.0 Å². The fourth-order valence-corrected chi connectivity index (χ4v) is 2.85. The highest BCUT2D eigenvalue weighted by atomic mass is 35.5. The monoisotopic (exact) mass is 344 g/mol. The lowest BCUT2D eigenvalue weighted by Crippen LogP contribution is -2.45. The Kier molecular flexibility index (Phi) is 6.03. The number of carbonyl (C=O) groups is 2. The lowest BCUT2D eigenvalue weighted by atomic mass is 10.00.